The highest BCUT2D eigenvalue weighted by atomic mass is 16.5. The summed E-state index contributed by atoms with van der Waals surface area (Å²) in [5.41, 5.74) is 4.26. The second-order valence-corrected chi connectivity index (χ2v) is 7.58. The zero-order valence-corrected chi connectivity index (χ0v) is 17.0. The summed E-state index contributed by atoms with van der Waals surface area (Å²) in [7, 11) is 3.62. The number of carbonyl (C=O) groups is 1. The normalized spacial score (nSPS) is 15.2. The molecule has 3 heteroatoms. The molecule has 1 atom stereocenters. The Morgan fingerprint density at radius 1 is 1.23 bits per heavy atom. The number of allylic oxidation sites excluding steroid dienone is 2. The fourth-order valence-corrected chi connectivity index (χ4v) is 3.19. The minimum atomic E-state index is 0.0679. The van der Waals surface area contributed by atoms with E-state index < -0.39 is 0 Å². The number of nitrogens with zero attached hydrogens (tertiary/aromatic N) is 1. The van der Waals surface area contributed by atoms with E-state index in [1.165, 1.54) is 18.4 Å². The summed E-state index contributed by atoms with van der Waals surface area (Å²) in [6.45, 7) is 6.45. The first-order valence-electron chi connectivity index (χ1n) is 9.79. The number of hydrogen-bond acceptors (Lipinski definition) is 2. The Morgan fingerprint density at radius 2 is 2.00 bits per heavy atom. The van der Waals surface area contributed by atoms with Crippen LogP contribution in [0.2, 0.25) is 0 Å². The number of fused-ring (bicyclic) bond motifs is 1. The van der Waals surface area contributed by atoms with Gasteiger partial charge >= 0.3 is 0 Å². The van der Waals surface area contributed by atoms with Crippen molar-refractivity contribution in [3.05, 3.63) is 46.5 Å². The van der Waals surface area contributed by atoms with Gasteiger partial charge in [0.2, 0.25) is 0 Å². The van der Waals surface area contributed by atoms with Crippen molar-refractivity contribution in [1.29, 1.82) is 0 Å². The van der Waals surface area contributed by atoms with Crippen LogP contribution in [-0.2, 0) is 6.42 Å². The number of carbonyl (C=O) groups excluding carboxylic acids is 1. The van der Waals surface area contributed by atoms with Gasteiger partial charge in [-0.15, -0.1) is 0 Å². The third-order valence-corrected chi connectivity index (χ3v) is 4.69. The van der Waals surface area contributed by atoms with Crippen molar-refractivity contribution in [3.63, 3.8) is 0 Å². The van der Waals surface area contributed by atoms with Gasteiger partial charge < -0.3 is 9.64 Å². The topological polar surface area (TPSA) is 29.5 Å². The van der Waals surface area contributed by atoms with Crippen molar-refractivity contribution in [2.75, 3.05) is 14.1 Å². The highest BCUT2D eigenvalue weighted by Gasteiger charge is 2.20. The van der Waals surface area contributed by atoms with E-state index in [4.69, 9.17) is 4.74 Å². The van der Waals surface area contributed by atoms with Crippen LogP contribution in [-0.4, -0.2) is 31.0 Å². The minimum Gasteiger partial charge on any atom is -0.486 e. The monoisotopic (exact) mass is 355 g/mol. The van der Waals surface area contributed by atoms with E-state index in [2.05, 4.69) is 45.1 Å². The van der Waals surface area contributed by atoms with Crippen LogP contribution in [0.5, 0.6) is 5.75 Å². The van der Waals surface area contributed by atoms with Crippen molar-refractivity contribution < 1.29 is 9.53 Å². The van der Waals surface area contributed by atoms with E-state index >= 15 is 0 Å². The van der Waals surface area contributed by atoms with Crippen LogP contribution >= 0.6 is 0 Å². The summed E-state index contributed by atoms with van der Waals surface area (Å²) in [5, 5.41) is 0. The smallest absolute Gasteiger partial charge is 0.253 e. The van der Waals surface area contributed by atoms with Gasteiger partial charge in [-0.05, 0) is 63.3 Å². The summed E-state index contributed by atoms with van der Waals surface area (Å²) in [6, 6.07) is 4.10. The standard InChI is InChI=1S/C23H33NO2/c1-6-7-8-11-18-16-22-19(15-21(18)23(25)24(4)5)13-14-20(26-22)12-9-10-17(2)3/h10,13-16,20H,6-9,11-12H2,1-5H3. The molecular formula is C23H33NO2. The lowest BCUT2D eigenvalue weighted by atomic mass is 9.95. The third-order valence-electron chi connectivity index (χ3n) is 4.69. The minimum absolute atomic E-state index is 0.0679. The van der Waals surface area contributed by atoms with Gasteiger partial charge in [-0.3, -0.25) is 4.79 Å². The van der Waals surface area contributed by atoms with Gasteiger partial charge in [-0.25, -0.2) is 0 Å². The zero-order valence-electron chi connectivity index (χ0n) is 17.0. The highest BCUT2D eigenvalue weighted by molar-refractivity contribution is 5.96. The Labute approximate surface area is 158 Å². The van der Waals surface area contributed by atoms with Gasteiger partial charge in [-0.2, -0.15) is 0 Å². The van der Waals surface area contributed by atoms with E-state index in [-0.39, 0.29) is 12.0 Å². The predicted molar refractivity (Wildman–Crippen MR) is 110 cm³/mol. The van der Waals surface area contributed by atoms with E-state index in [0.717, 1.165) is 48.1 Å². The maximum Gasteiger partial charge on any atom is 0.253 e. The molecule has 1 aliphatic heterocycles. The van der Waals surface area contributed by atoms with Crippen LogP contribution < -0.4 is 4.74 Å². The Balaban J connectivity index is 2.23. The second-order valence-electron chi connectivity index (χ2n) is 7.58. The van der Waals surface area contributed by atoms with Gasteiger partial charge in [-0.1, -0.05) is 37.5 Å². The molecule has 1 aliphatic rings. The first kappa shape index (κ1) is 20.3. The number of ether oxygens (including phenoxy) is 1. The molecule has 1 amide bonds. The lowest BCUT2D eigenvalue weighted by molar-refractivity contribution is 0.0826. The molecule has 0 spiro atoms. The maximum absolute atomic E-state index is 12.6. The van der Waals surface area contributed by atoms with Crippen molar-refractivity contribution >= 4 is 12.0 Å². The van der Waals surface area contributed by atoms with Gasteiger partial charge in [0, 0.05) is 25.2 Å². The number of amides is 1. The number of aryl methyl sites for hydroxylation is 1. The first-order chi connectivity index (χ1) is 12.4. The Hall–Kier alpha value is -2.03. The molecule has 0 saturated heterocycles. The third kappa shape index (κ3) is 5.48. The average molecular weight is 356 g/mol. The maximum atomic E-state index is 12.6. The number of hydrogen-bond donors (Lipinski definition) is 0. The summed E-state index contributed by atoms with van der Waals surface area (Å²) in [6.07, 6.45) is 13.0. The number of rotatable bonds is 8. The van der Waals surface area contributed by atoms with Crippen LogP contribution in [0.3, 0.4) is 0 Å². The molecule has 0 N–H and O–H groups in total. The van der Waals surface area contributed by atoms with E-state index in [0.29, 0.717) is 0 Å². The number of unbranched alkanes of at least 4 members (excludes halogenated alkanes) is 2. The summed E-state index contributed by atoms with van der Waals surface area (Å²) in [5.74, 6) is 0.981. The van der Waals surface area contributed by atoms with Crippen molar-refractivity contribution in [1.82, 2.24) is 4.90 Å². The molecule has 0 bridgehead atoms. The molecule has 1 aromatic carbocycles. The highest BCUT2D eigenvalue weighted by Crippen LogP contribution is 2.32. The fraction of sp³-hybridized carbons (Fsp3) is 0.522. The molecule has 1 aromatic rings. The molecule has 26 heavy (non-hydrogen) atoms. The molecule has 1 unspecified atom stereocenters. The molecule has 3 nitrogen and oxygen atoms in total. The predicted octanol–water partition coefficient (Wildman–Crippen LogP) is 5.64. The van der Waals surface area contributed by atoms with Crippen LogP contribution in [0, 0.1) is 0 Å². The van der Waals surface area contributed by atoms with Gasteiger partial charge in [0.05, 0.1) is 0 Å². The summed E-state index contributed by atoms with van der Waals surface area (Å²) < 4.78 is 6.21. The van der Waals surface area contributed by atoms with E-state index in [9.17, 15) is 4.79 Å². The quantitative estimate of drug-likeness (QED) is 0.446. The van der Waals surface area contributed by atoms with Gasteiger partial charge in [0.1, 0.15) is 11.9 Å². The molecular weight excluding hydrogens is 322 g/mol. The lowest BCUT2D eigenvalue weighted by Gasteiger charge is -2.24. The molecule has 0 saturated carbocycles. The fourth-order valence-electron chi connectivity index (χ4n) is 3.19. The Morgan fingerprint density at radius 3 is 2.65 bits per heavy atom. The summed E-state index contributed by atoms with van der Waals surface area (Å²) >= 11 is 0. The molecule has 142 valence electrons. The number of benzene rings is 1. The van der Waals surface area contributed by atoms with E-state index in [1.54, 1.807) is 4.90 Å². The molecule has 0 fully saturated rings. The average Bonchev–Trinajstić information content (AvgIpc) is 2.60. The molecule has 0 aliphatic carbocycles. The van der Waals surface area contributed by atoms with Crippen molar-refractivity contribution in [2.45, 2.75) is 65.4 Å². The van der Waals surface area contributed by atoms with Crippen LogP contribution in [0.1, 0.15) is 74.4 Å². The molecule has 0 radical (unpaired) electrons. The van der Waals surface area contributed by atoms with Gasteiger partial charge in [0.15, 0.2) is 0 Å². The Kier molecular flexibility index (Phi) is 7.50. The van der Waals surface area contributed by atoms with Crippen molar-refractivity contribution in [2.24, 2.45) is 0 Å². The second kappa shape index (κ2) is 9.61. The largest absolute Gasteiger partial charge is 0.486 e. The first-order valence-corrected chi connectivity index (χ1v) is 9.79. The van der Waals surface area contributed by atoms with Crippen LogP contribution in [0.25, 0.3) is 6.08 Å². The van der Waals surface area contributed by atoms with E-state index in [1.807, 2.05) is 20.2 Å². The lowest BCUT2D eigenvalue weighted by Crippen LogP contribution is -2.24. The molecule has 1 heterocycles. The SMILES string of the molecule is CCCCCc1cc2c(cc1C(=O)N(C)C)C=CC(CCC=C(C)C)O2. The Bertz CT molecular complexity index is 682. The van der Waals surface area contributed by atoms with Crippen LogP contribution in [0.15, 0.2) is 29.9 Å². The summed E-state index contributed by atoms with van der Waals surface area (Å²) in [4.78, 5) is 14.3. The van der Waals surface area contributed by atoms with Crippen LogP contribution in [0.4, 0.5) is 0 Å². The van der Waals surface area contributed by atoms with Gasteiger partial charge in [0.25, 0.3) is 5.91 Å². The van der Waals surface area contributed by atoms with Crippen molar-refractivity contribution in [3.8, 4) is 5.75 Å². The molecule has 2 rings (SSSR count). The zero-order chi connectivity index (χ0) is 19.1. The molecule has 0 aromatic heterocycles.